The predicted octanol–water partition coefficient (Wildman–Crippen LogP) is 1.86. The maximum Gasteiger partial charge on any atom is 0.265 e. The van der Waals surface area contributed by atoms with Crippen molar-refractivity contribution in [3.63, 3.8) is 0 Å². The summed E-state index contributed by atoms with van der Waals surface area (Å²) in [6, 6.07) is 3.90. The van der Waals surface area contributed by atoms with Gasteiger partial charge in [0.05, 0.1) is 4.91 Å². The van der Waals surface area contributed by atoms with Crippen molar-refractivity contribution in [1.82, 2.24) is 9.47 Å². The van der Waals surface area contributed by atoms with Crippen LogP contribution in [0.4, 0.5) is 0 Å². The minimum absolute atomic E-state index is 0.0220. The second-order valence-electron chi connectivity index (χ2n) is 3.28. The minimum Gasteiger partial charge on any atom is -0.351 e. The monoisotopic (exact) mass is 238 g/mol. The number of rotatable bonds is 1. The average molecular weight is 238 g/mol. The van der Waals surface area contributed by atoms with Gasteiger partial charge in [-0.15, -0.1) is 0 Å². The molecular weight excluding hydrogens is 228 g/mol. The fraction of sp³-hybridized carbons (Fsp3) is 0.200. The lowest BCUT2D eigenvalue weighted by atomic mass is 10.3. The Morgan fingerprint density at radius 2 is 2.20 bits per heavy atom. The van der Waals surface area contributed by atoms with Gasteiger partial charge in [-0.1, -0.05) is 24.0 Å². The SMILES string of the molecule is CN1C(=O)/C(=C\c2cccn2C)SC1=S. The normalized spacial score (nSPS) is 19.3. The van der Waals surface area contributed by atoms with Crippen LogP contribution in [0.1, 0.15) is 5.69 Å². The summed E-state index contributed by atoms with van der Waals surface area (Å²) in [4.78, 5) is 13.9. The highest BCUT2D eigenvalue weighted by atomic mass is 32.2. The maximum atomic E-state index is 11.7. The van der Waals surface area contributed by atoms with Crippen molar-refractivity contribution >= 4 is 40.3 Å². The van der Waals surface area contributed by atoms with E-state index >= 15 is 0 Å². The molecule has 0 aliphatic carbocycles. The third-order valence-corrected chi connectivity index (χ3v) is 3.73. The van der Waals surface area contributed by atoms with E-state index in [1.165, 1.54) is 16.7 Å². The van der Waals surface area contributed by atoms with Gasteiger partial charge in [0, 0.05) is 26.0 Å². The topological polar surface area (TPSA) is 25.2 Å². The third-order valence-electron chi connectivity index (χ3n) is 2.25. The maximum absolute atomic E-state index is 11.7. The molecule has 0 aromatic carbocycles. The zero-order valence-electron chi connectivity index (χ0n) is 8.43. The van der Waals surface area contributed by atoms with Crippen LogP contribution in [0.25, 0.3) is 6.08 Å². The van der Waals surface area contributed by atoms with Gasteiger partial charge in [0.2, 0.25) is 0 Å². The Kier molecular flexibility index (Phi) is 2.67. The average Bonchev–Trinajstić information content (AvgIpc) is 2.69. The molecule has 0 unspecified atom stereocenters. The van der Waals surface area contributed by atoms with Crippen LogP contribution in [0.2, 0.25) is 0 Å². The zero-order valence-corrected chi connectivity index (χ0v) is 10.1. The van der Waals surface area contributed by atoms with Gasteiger partial charge in [-0.25, -0.2) is 0 Å². The van der Waals surface area contributed by atoms with Gasteiger partial charge in [0.25, 0.3) is 5.91 Å². The molecular formula is C10H10N2OS2. The Morgan fingerprint density at radius 1 is 1.47 bits per heavy atom. The van der Waals surface area contributed by atoms with E-state index in [0.29, 0.717) is 9.23 Å². The molecule has 1 aromatic rings. The first kappa shape index (κ1) is 10.4. The molecule has 2 heterocycles. The van der Waals surface area contributed by atoms with Gasteiger partial charge in [-0.3, -0.25) is 9.69 Å². The largest absolute Gasteiger partial charge is 0.351 e. The number of likely N-dealkylation sites (N-methyl/N-ethyl adjacent to an activating group) is 1. The van der Waals surface area contributed by atoms with Crippen LogP contribution in [-0.4, -0.2) is 26.7 Å². The summed E-state index contributed by atoms with van der Waals surface area (Å²) >= 11 is 6.39. The van der Waals surface area contributed by atoms with E-state index in [0.717, 1.165) is 5.69 Å². The van der Waals surface area contributed by atoms with Crippen molar-refractivity contribution in [2.75, 3.05) is 7.05 Å². The van der Waals surface area contributed by atoms with Gasteiger partial charge >= 0.3 is 0 Å². The first-order valence-electron chi connectivity index (χ1n) is 4.42. The van der Waals surface area contributed by atoms with E-state index < -0.39 is 0 Å². The summed E-state index contributed by atoms with van der Waals surface area (Å²) in [6.45, 7) is 0. The molecule has 2 rings (SSSR count). The Bertz CT molecular complexity index is 462. The van der Waals surface area contributed by atoms with Gasteiger partial charge in [-0.05, 0) is 18.2 Å². The zero-order chi connectivity index (χ0) is 11.0. The lowest BCUT2D eigenvalue weighted by molar-refractivity contribution is -0.121. The summed E-state index contributed by atoms with van der Waals surface area (Å²) < 4.78 is 2.57. The van der Waals surface area contributed by atoms with Gasteiger partial charge in [-0.2, -0.15) is 0 Å². The fourth-order valence-electron chi connectivity index (χ4n) is 1.30. The summed E-state index contributed by atoms with van der Waals surface area (Å²) in [5, 5.41) is 0. The number of carbonyl (C=O) groups is 1. The summed E-state index contributed by atoms with van der Waals surface area (Å²) in [5.41, 5.74) is 1.00. The molecule has 3 nitrogen and oxygen atoms in total. The van der Waals surface area contributed by atoms with Gasteiger partial charge in [0.1, 0.15) is 4.32 Å². The lowest BCUT2D eigenvalue weighted by Gasteiger charge is -2.03. The molecule has 5 heteroatoms. The van der Waals surface area contributed by atoms with E-state index in [2.05, 4.69) is 0 Å². The van der Waals surface area contributed by atoms with E-state index in [9.17, 15) is 4.79 Å². The van der Waals surface area contributed by atoms with E-state index in [-0.39, 0.29) is 5.91 Å². The Morgan fingerprint density at radius 3 is 2.67 bits per heavy atom. The number of thioether (sulfide) groups is 1. The molecule has 78 valence electrons. The van der Waals surface area contributed by atoms with Crippen LogP contribution in [-0.2, 0) is 11.8 Å². The van der Waals surface area contributed by atoms with Crippen molar-refractivity contribution in [3.8, 4) is 0 Å². The molecule has 1 fully saturated rings. The number of amides is 1. The van der Waals surface area contributed by atoms with Crippen molar-refractivity contribution in [1.29, 1.82) is 0 Å². The second kappa shape index (κ2) is 3.83. The second-order valence-corrected chi connectivity index (χ2v) is 4.96. The van der Waals surface area contributed by atoms with Crippen LogP contribution in [0.5, 0.6) is 0 Å². The number of carbonyl (C=O) groups excluding carboxylic acids is 1. The van der Waals surface area contributed by atoms with Crippen LogP contribution in [0.15, 0.2) is 23.2 Å². The molecule has 0 saturated carbocycles. The highest BCUT2D eigenvalue weighted by Crippen LogP contribution is 2.31. The summed E-state index contributed by atoms with van der Waals surface area (Å²) in [5.74, 6) is -0.0220. The highest BCUT2D eigenvalue weighted by Gasteiger charge is 2.28. The smallest absolute Gasteiger partial charge is 0.265 e. The van der Waals surface area contributed by atoms with Crippen LogP contribution in [0, 0.1) is 0 Å². The molecule has 1 aromatic heterocycles. The van der Waals surface area contributed by atoms with Crippen molar-refractivity contribution in [2.24, 2.45) is 7.05 Å². The molecule has 0 atom stereocenters. The molecule has 1 amide bonds. The summed E-state index contributed by atoms with van der Waals surface area (Å²) in [7, 11) is 3.64. The molecule has 1 aliphatic heterocycles. The van der Waals surface area contributed by atoms with E-state index in [4.69, 9.17) is 12.2 Å². The number of hydrogen-bond acceptors (Lipinski definition) is 3. The molecule has 0 N–H and O–H groups in total. The number of hydrogen-bond donors (Lipinski definition) is 0. The summed E-state index contributed by atoms with van der Waals surface area (Å²) in [6.07, 6.45) is 3.81. The Balaban J connectivity index is 2.34. The van der Waals surface area contributed by atoms with Crippen molar-refractivity contribution in [3.05, 3.63) is 28.9 Å². The minimum atomic E-state index is -0.0220. The van der Waals surface area contributed by atoms with Gasteiger partial charge < -0.3 is 4.57 Å². The predicted molar refractivity (Wildman–Crippen MR) is 66.3 cm³/mol. The number of thiocarbonyl (C=S) groups is 1. The lowest BCUT2D eigenvalue weighted by Crippen LogP contribution is -2.22. The van der Waals surface area contributed by atoms with Crippen LogP contribution >= 0.6 is 24.0 Å². The van der Waals surface area contributed by atoms with Crippen molar-refractivity contribution in [2.45, 2.75) is 0 Å². The first-order valence-corrected chi connectivity index (χ1v) is 5.65. The first-order chi connectivity index (χ1) is 7.09. The van der Waals surface area contributed by atoms with Crippen LogP contribution in [0.3, 0.4) is 0 Å². The van der Waals surface area contributed by atoms with Crippen molar-refractivity contribution < 1.29 is 4.79 Å². The fourth-order valence-corrected chi connectivity index (χ4v) is 2.47. The molecule has 0 spiro atoms. The number of aromatic nitrogens is 1. The molecule has 0 bridgehead atoms. The Hall–Kier alpha value is -1.07. The van der Waals surface area contributed by atoms with Gasteiger partial charge in [0.15, 0.2) is 0 Å². The number of aryl methyl sites for hydroxylation is 1. The molecule has 1 saturated heterocycles. The van der Waals surface area contributed by atoms with E-state index in [1.54, 1.807) is 7.05 Å². The molecule has 1 aliphatic rings. The highest BCUT2D eigenvalue weighted by molar-refractivity contribution is 8.26. The standard InChI is InChI=1S/C10H10N2OS2/c1-11-5-3-4-7(11)6-8-9(13)12(2)10(14)15-8/h3-6H,1-2H3/b8-6+. The quantitative estimate of drug-likeness (QED) is 0.551. The Labute approximate surface area is 97.7 Å². The van der Waals surface area contributed by atoms with Crippen LogP contribution < -0.4 is 0 Å². The molecule has 15 heavy (non-hydrogen) atoms. The molecule has 0 radical (unpaired) electrons. The third kappa shape index (κ3) is 1.85. The van der Waals surface area contributed by atoms with E-state index in [1.807, 2.05) is 36.0 Å². The number of nitrogens with zero attached hydrogens (tertiary/aromatic N) is 2.